The van der Waals surface area contributed by atoms with Gasteiger partial charge in [-0.1, -0.05) is 30.3 Å². The Morgan fingerprint density at radius 3 is 2.85 bits per heavy atom. The molecule has 174 valence electrons. The molecule has 1 aliphatic rings. The molecule has 0 saturated carbocycles. The van der Waals surface area contributed by atoms with Crippen LogP contribution in [-0.2, 0) is 12.0 Å². The first-order valence-electron chi connectivity index (χ1n) is 11.3. The van der Waals surface area contributed by atoms with Gasteiger partial charge in [-0.25, -0.2) is 4.98 Å². The molecule has 0 spiro atoms. The third-order valence-corrected chi connectivity index (χ3v) is 7.06. The van der Waals surface area contributed by atoms with Gasteiger partial charge in [-0.2, -0.15) is 0 Å². The summed E-state index contributed by atoms with van der Waals surface area (Å²) in [7, 11) is 0. The molecule has 8 nitrogen and oxygen atoms in total. The highest BCUT2D eigenvalue weighted by Gasteiger charge is 2.33. The van der Waals surface area contributed by atoms with Gasteiger partial charge in [-0.3, -0.25) is 9.78 Å². The summed E-state index contributed by atoms with van der Waals surface area (Å²) in [6.07, 6.45) is 5.61. The van der Waals surface area contributed by atoms with Crippen molar-refractivity contribution in [3.05, 3.63) is 81.9 Å². The monoisotopic (exact) mass is 474 g/mol. The van der Waals surface area contributed by atoms with Crippen LogP contribution in [0.25, 0.3) is 11.5 Å². The van der Waals surface area contributed by atoms with Crippen LogP contribution in [0.15, 0.2) is 58.6 Å². The van der Waals surface area contributed by atoms with Gasteiger partial charge in [-0.05, 0) is 44.7 Å². The van der Waals surface area contributed by atoms with E-state index >= 15 is 0 Å². The van der Waals surface area contributed by atoms with Crippen molar-refractivity contribution in [3.8, 4) is 11.5 Å². The molecule has 2 N–H and O–H groups in total. The maximum absolute atomic E-state index is 13.4. The number of pyridine rings is 1. The molecule has 4 heterocycles. The number of nitrogens with zero attached hydrogens (tertiary/aromatic N) is 5. The topological polar surface area (TPSA) is 111 Å². The normalized spacial score (nSPS) is 17.6. The van der Waals surface area contributed by atoms with Crippen molar-refractivity contribution in [1.29, 1.82) is 0 Å². The number of hydrogen-bond acceptors (Lipinski definition) is 8. The van der Waals surface area contributed by atoms with Crippen molar-refractivity contribution < 1.29 is 9.21 Å². The fourth-order valence-corrected chi connectivity index (χ4v) is 5.24. The first-order chi connectivity index (χ1) is 16.4. The maximum Gasteiger partial charge on any atom is 0.256 e. The molecule has 34 heavy (non-hydrogen) atoms. The molecule has 1 aromatic carbocycles. The predicted octanol–water partition coefficient (Wildman–Crippen LogP) is 4.29. The average Bonchev–Trinajstić information content (AvgIpc) is 3.59. The van der Waals surface area contributed by atoms with Crippen molar-refractivity contribution in [3.63, 3.8) is 0 Å². The molecule has 2 atom stereocenters. The zero-order valence-corrected chi connectivity index (χ0v) is 20.0. The Morgan fingerprint density at radius 2 is 2.09 bits per heavy atom. The van der Waals surface area contributed by atoms with E-state index in [-0.39, 0.29) is 17.8 Å². The van der Waals surface area contributed by atoms with Crippen LogP contribution in [0.3, 0.4) is 0 Å². The van der Waals surface area contributed by atoms with Gasteiger partial charge in [-0.15, -0.1) is 21.5 Å². The lowest BCUT2D eigenvalue weighted by molar-refractivity contribution is 0.0735. The highest BCUT2D eigenvalue weighted by molar-refractivity contribution is 7.09. The predicted molar refractivity (Wildman–Crippen MR) is 129 cm³/mol. The first-order valence-corrected chi connectivity index (χ1v) is 12.1. The Bertz CT molecular complexity index is 1300. The van der Waals surface area contributed by atoms with Gasteiger partial charge in [0.25, 0.3) is 5.91 Å². The van der Waals surface area contributed by atoms with Crippen LogP contribution in [0.2, 0.25) is 0 Å². The van der Waals surface area contributed by atoms with E-state index in [1.165, 1.54) is 0 Å². The van der Waals surface area contributed by atoms with E-state index in [2.05, 4.69) is 20.2 Å². The summed E-state index contributed by atoms with van der Waals surface area (Å²) < 4.78 is 5.94. The van der Waals surface area contributed by atoms with Gasteiger partial charge in [0.1, 0.15) is 5.01 Å². The SMILES string of the molecule is Cc1csc(C2CCCN2C(=O)c2cncc(-c3nnc(C(C)(N)Cc4ccccc4)o3)c2)n1. The third-order valence-electron chi connectivity index (χ3n) is 6.00. The molecule has 1 saturated heterocycles. The molecule has 0 bridgehead atoms. The molecule has 1 amide bonds. The molecule has 5 rings (SSSR count). The van der Waals surface area contributed by atoms with Crippen molar-refractivity contribution in [1.82, 2.24) is 25.1 Å². The Kier molecular flexibility index (Phi) is 5.97. The fourth-order valence-electron chi connectivity index (χ4n) is 4.30. The van der Waals surface area contributed by atoms with Crippen LogP contribution >= 0.6 is 11.3 Å². The Hall–Kier alpha value is -3.43. The summed E-state index contributed by atoms with van der Waals surface area (Å²) in [4.78, 5) is 24.1. The van der Waals surface area contributed by atoms with Crippen LogP contribution in [0, 0.1) is 6.92 Å². The van der Waals surface area contributed by atoms with E-state index in [1.54, 1.807) is 29.8 Å². The molecule has 3 aromatic heterocycles. The van der Waals surface area contributed by atoms with Crippen molar-refractivity contribution >= 4 is 17.2 Å². The number of carbonyl (C=O) groups is 1. The van der Waals surface area contributed by atoms with E-state index < -0.39 is 5.54 Å². The van der Waals surface area contributed by atoms with Crippen LogP contribution in [0.1, 0.15) is 58.3 Å². The van der Waals surface area contributed by atoms with E-state index in [0.29, 0.717) is 30.0 Å². The third kappa shape index (κ3) is 4.49. The van der Waals surface area contributed by atoms with Crippen LogP contribution in [0.4, 0.5) is 0 Å². The number of thiazole rings is 1. The minimum Gasteiger partial charge on any atom is -0.419 e. The summed E-state index contributed by atoms with van der Waals surface area (Å²) in [5.74, 6) is 0.550. The molecule has 9 heteroatoms. The molecule has 1 aliphatic heterocycles. The molecule has 0 radical (unpaired) electrons. The smallest absolute Gasteiger partial charge is 0.256 e. The minimum absolute atomic E-state index is 0.000739. The van der Waals surface area contributed by atoms with Crippen LogP contribution in [-0.4, -0.2) is 37.5 Å². The second kappa shape index (κ2) is 9.08. The van der Waals surface area contributed by atoms with Gasteiger partial charge in [0.05, 0.1) is 22.7 Å². The highest BCUT2D eigenvalue weighted by atomic mass is 32.1. The Labute approximate surface area is 201 Å². The van der Waals surface area contributed by atoms with Gasteiger partial charge in [0.15, 0.2) is 0 Å². The lowest BCUT2D eigenvalue weighted by atomic mass is 9.94. The molecule has 2 unspecified atom stereocenters. The summed E-state index contributed by atoms with van der Waals surface area (Å²) in [6, 6.07) is 11.7. The summed E-state index contributed by atoms with van der Waals surface area (Å²) in [5, 5.41) is 11.4. The number of hydrogen-bond donors (Lipinski definition) is 1. The number of aromatic nitrogens is 4. The molecule has 1 fully saturated rings. The lowest BCUT2D eigenvalue weighted by Gasteiger charge is -2.23. The summed E-state index contributed by atoms with van der Waals surface area (Å²) >= 11 is 1.60. The summed E-state index contributed by atoms with van der Waals surface area (Å²) in [6.45, 7) is 4.53. The second-order valence-electron chi connectivity index (χ2n) is 8.94. The number of carbonyl (C=O) groups excluding carboxylic acids is 1. The van der Waals surface area contributed by atoms with Gasteiger partial charge in [0, 0.05) is 30.0 Å². The number of nitrogens with two attached hydrogens (primary N) is 1. The van der Waals surface area contributed by atoms with Crippen molar-refractivity contribution in [2.24, 2.45) is 5.73 Å². The number of likely N-dealkylation sites (tertiary alicyclic amines) is 1. The van der Waals surface area contributed by atoms with Gasteiger partial charge < -0.3 is 15.1 Å². The van der Waals surface area contributed by atoms with E-state index in [4.69, 9.17) is 10.2 Å². The number of benzene rings is 1. The minimum atomic E-state index is -0.831. The zero-order valence-electron chi connectivity index (χ0n) is 19.1. The molecule has 0 aliphatic carbocycles. The largest absolute Gasteiger partial charge is 0.419 e. The zero-order chi connectivity index (χ0) is 23.7. The number of rotatable bonds is 6. The second-order valence-corrected chi connectivity index (χ2v) is 9.83. The Balaban J connectivity index is 1.36. The standard InChI is InChI=1S/C25H26N6O2S/c1-16-15-34-22(28-16)20-9-6-10-31(20)23(32)19-11-18(13-27-14-19)21-29-30-24(33-21)25(2,26)12-17-7-4-3-5-8-17/h3-5,7-8,11,13-15,20H,6,9-10,12,26H2,1-2H3. The van der Waals surface area contributed by atoms with Crippen molar-refractivity contribution in [2.45, 2.75) is 44.7 Å². The lowest BCUT2D eigenvalue weighted by Crippen LogP contribution is -2.35. The quantitative estimate of drug-likeness (QED) is 0.444. The van der Waals surface area contributed by atoms with E-state index in [1.807, 2.05) is 54.5 Å². The maximum atomic E-state index is 13.4. The van der Waals surface area contributed by atoms with E-state index in [9.17, 15) is 4.79 Å². The highest BCUT2D eigenvalue weighted by Crippen LogP contribution is 2.35. The van der Waals surface area contributed by atoms with Crippen LogP contribution in [0.5, 0.6) is 0 Å². The molecular formula is C25H26N6O2S. The van der Waals surface area contributed by atoms with E-state index in [0.717, 1.165) is 29.1 Å². The van der Waals surface area contributed by atoms with Gasteiger partial charge in [0.2, 0.25) is 11.8 Å². The first kappa shape index (κ1) is 22.4. The van der Waals surface area contributed by atoms with Crippen LogP contribution < -0.4 is 5.73 Å². The number of aryl methyl sites for hydroxylation is 1. The van der Waals surface area contributed by atoms with Gasteiger partial charge >= 0.3 is 0 Å². The number of amides is 1. The molecular weight excluding hydrogens is 448 g/mol. The Morgan fingerprint density at radius 1 is 1.26 bits per heavy atom. The van der Waals surface area contributed by atoms with Crippen molar-refractivity contribution in [2.75, 3.05) is 6.54 Å². The summed E-state index contributed by atoms with van der Waals surface area (Å²) in [5.41, 5.74) is 8.81. The fraction of sp³-hybridized carbons (Fsp3) is 0.320. The average molecular weight is 475 g/mol. The molecule has 4 aromatic rings.